The van der Waals surface area contributed by atoms with Gasteiger partial charge < -0.3 is 15.8 Å². The zero-order valence-electron chi connectivity index (χ0n) is 11.1. The van der Waals surface area contributed by atoms with Gasteiger partial charge in [-0.1, -0.05) is 6.42 Å². The molecule has 4 nitrogen and oxygen atoms in total. The van der Waals surface area contributed by atoms with Crippen molar-refractivity contribution in [3.8, 4) is 0 Å². The molecule has 0 aromatic heterocycles. The normalized spacial score (nSPS) is 23.4. The van der Waals surface area contributed by atoms with E-state index in [1.807, 2.05) is 0 Å². The predicted molar refractivity (Wildman–Crippen MR) is 68.7 cm³/mol. The average molecular weight is 242 g/mol. The molecule has 3 N–H and O–H groups in total. The Hall–Kier alpha value is -0.610. The molecule has 1 unspecified atom stereocenters. The Morgan fingerprint density at radius 3 is 2.82 bits per heavy atom. The van der Waals surface area contributed by atoms with Gasteiger partial charge in [-0.3, -0.25) is 4.79 Å². The maximum atomic E-state index is 11.7. The number of ether oxygens (including phenoxy) is 1. The van der Waals surface area contributed by atoms with Gasteiger partial charge in [0.1, 0.15) is 0 Å². The number of amides is 1. The molecule has 17 heavy (non-hydrogen) atoms. The molecule has 0 saturated carbocycles. The first kappa shape index (κ1) is 14.5. The van der Waals surface area contributed by atoms with Gasteiger partial charge >= 0.3 is 0 Å². The minimum Gasteiger partial charge on any atom is -0.375 e. The number of carbonyl (C=O) groups excluding carboxylic acids is 1. The van der Waals surface area contributed by atoms with E-state index < -0.39 is 0 Å². The third-order valence-electron chi connectivity index (χ3n) is 3.17. The van der Waals surface area contributed by atoms with E-state index in [9.17, 15) is 4.79 Å². The van der Waals surface area contributed by atoms with Gasteiger partial charge in [-0.05, 0) is 46.1 Å². The summed E-state index contributed by atoms with van der Waals surface area (Å²) in [7, 11) is 0. The van der Waals surface area contributed by atoms with Crippen LogP contribution in [0.1, 0.15) is 52.4 Å². The minimum absolute atomic E-state index is 0.101. The number of hydrogen-bond acceptors (Lipinski definition) is 3. The first-order valence-electron chi connectivity index (χ1n) is 6.67. The van der Waals surface area contributed by atoms with Crippen molar-refractivity contribution in [2.75, 3.05) is 13.2 Å². The van der Waals surface area contributed by atoms with Gasteiger partial charge in [0.25, 0.3) is 0 Å². The highest BCUT2D eigenvalue weighted by Gasteiger charge is 2.29. The topological polar surface area (TPSA) is 64.4 Å². The predicted octanol–water partition coefficient (Wildman–Crippen LogP) is 1.58. The molecule has 1 rings (SSSR count). The van der Waals surface area contributed by atoms with Gasteiger partial charge in [-0.2, -0.15) is 0 Å². The molecule has 0 aromatic rings. The molecule has 1 saturated heterocycles. The van der Waals surface area contributed by atoms with E-state index in [0.717, 1.165) is 45.3 Å². The number of nitrogens with one attached hydrogen (secondary N) is 1. The molecular formula is C13H26N2O2. The van der Waals surface area contributed by atoms with Crippen LogP contribution in [0.2, 0.25) is 0 Å². The zero-order valence-corrected chi connectivity index (χ0v) is 11.1. The average Bonchev–Trinajstić information content (AvgIpc) is 2.23. The SMILES string of the molecule is CC1(C)CC(NC(=O)CCCCCN)CCO1. The minimum atomic E-state index is -0.101. The van der Waals surface area contributed by atoms with Crippen LogP contribution in [0.3, 0.4) is 0 Å². The van der Waals surface area contributed by atoms with Crippen LogP contribution in [-0.2, 0) is 9.53 Å². The Morgan fingerprint density at radius 2 is 2.18 bits per heavy atom. The molecule has 0 aromatic carbocycles. The van der Waals surface area contributed by atoms with Crippen LogP contribution >= 0.6 is 0 Å². The van der Waals surface area contributed by atoms with Crippen molar-refractivity contribution in [2.45, 2.75) is 64.0 Å². The molecule has 0 radical (unpaired) electrons. The number of hydrogen-bond donors (Lipinski definition) is 2. The molecule has 1 fully saturated rings. The van der Waals surface area contributed by atoms with Crippen molar-refractivity contribution >= 4 is 5.91 Å². The third-order valence-corrected chi connectivity index (χ3v) is 3.17. The monoisotopic (exact) mass is 242 g/mol. The van der Waals surface area contributed by atoms with Gasteiger partial charge in [0.2, 0.25) is 5.91 Å². The van der Waals surface area contributed by atoms with Gasteiger partial charge in [0, 0.05) is 19.1 Å². The fourth-order valence-corrected chi connectivity index (χ4v) is 2.26. The van der Waals surface area contributed by atoms with Gasteiger partial charge in [-0.25, -0.2) is 0 Å². The van der Waals surface area contributed by atoms with Crippen molar-refractivity contribution in [1.29, 1.82) is 0 Å². The second-order valence-electron chi connectivity index (χ2n) is 5.46. The summed E-state index contributed by atoms with van der Waals surface area (Å²) < 4.78 is 5.63. The fourth-order valence-electron chi connectivity index (χ4n) is 2.26. The van der Waals surface area contributed by atoms with Crippen LogP contribution in [0.4, 0.5) is 0 Å². The van der Waals surface area contributed by atoms with E-state index in [1.165, 1.54) is 0 Å². The van der Waals surface area contributed by atoms with Crippen molar-refractivity contribution in [3.63, 3.8) is 0 Å². The Balaban J connectivity index is 2.17. The van der Waals surface area contributed by atoms with E-state index in [1.54, 1.807) is 0 Å². The highest BCUT2D eigenvalue weighted by molar-refractivity contribution is 5.76. The lowest BCUT2D eigenvalue weighted by Crippen LogP contribution is -2.45. The summed E-state index contributed by atoms with van der Waals surface area (Å²) in [5.74, 6) is 0.171. The lowest BCUT2D eigenvalue weighted by atomic mass is 9.94. The maximum absolute atomic E-state index is 11.7. The first-order valence-corrected chi connectivity index (χ1v) is 6.67. The molecule has 1 aliphatic heterocycles. The smallest absolute Gasteiger partial charge is 0.220 e. The van der Waals surface area contributed by atoms with Crippen molar-refractivity contribution in [3.05, 3.63) is 0 Å². The molecule has 0 aliphatic carbocycles. The molecule has 100 valence electrons. The number of carbonyl (C=O) groups is 1. The van der Waals surface area contributed by atoms with Gasteiger partial charge in [0.05, 0.1) is 5.60 Å². The van der Waals surface area contributed by atoms with Gasteiger partial charge in [-0.15, -0.1) is 0 Å². The van der Waals surface area contributed by atoms with E-state index in [4.69, 9.17) is 10.5 Å². The van der Waals surface area contributed by atoms with Crippen LogP contribution in [0.5, 0.6) is 0 Å². The molecule has 1 amide bonds. The van der Waals surface area contributed by atoms with Crippen molar-refractivity contribution in [1.82, 2.24) is 5.32 Å². The quantitative estimate of drug-likeness (QED) is 0.695. The molecule has 1 heterocycles. The summed E-state index contributed by atoms with van der Waals surface area (Å²) >= 11 is 0. The van der Waals surface area contributed by atoms with Crippen molar-refractivity contribution < 1.29 is 9.53 Å². The van der Waals surface area contributed by atoms with E-state index in [-0.39, 0.29) is 17.6 Å². The van der Waals surface area contributed by atoms with Crippen LogP contribution in [0.15, 0.2) is 0 Å². The molecule has 4 heteroatoms. The maximum Gasteiger partial charge on any atom is 0.220 e. The molecule has 1 atom stereocenters. The lowest BCUT2D eigenvalue weighted by molar-refractivity contribution is -0.124. The van der Waals surface area contributed by atoms with Crippen LogP contribution < -0.4 is 11.1 Å². The van der Waals surface area contributed by atoms with E-state index in [0.29, 0.717) is 6.42 Å². The summed E-state index contributed by atoms with van der Waals surface area (Å²) in [6.45, 7) is 5.61. The largest absolute Gasteiger partial charge is 0.375 e. The highest BCUT2D eigenvalue weighted by Crippen LogP contribution is 2.23. The fraction of sp³-hybridized carbons (Fsp3) is 0.923. The van der Waals surface area contributed by atoms with Crippen LogP contribution in [-0.4, -0.2) is 30.7 Å². The third kappa shape index (κ3) is 6.03. The van der Waals surface area contributed by atoms with E-state index >= 15 is 0 Å². The Labute approximate surface area is 104 Å². The molecular weight excluding hydrogens is 216 g/mol. The number of unbranched alkanes of at least 4 members (excludes halogenated alkanes) is 2. The Bertz CT molecular complexity index is 242. The van der Waals surface area contributed by atoms with Gasteiger partial charge in [0.15, 0.2) is 0 Å². The summed E-state index contributed by atoms with van der Waals surface area (Å²) in [6, 6.07) is 0.278. The van der Waals surface area contributed by atoms with Crippen molar-refractivity contribution in [2.24, 2.45) is 5.73 Å². The second kappa shape index (κ2) is 6.97. The summed E-state index contributed by atoms with van der Waals surface area (Å²) in [5.41, 5.74) is 5.31. The second-order valence-corrected chi connectivity index (χ2v) is 5.46. The highest BCUT2D eigenvalue weighted by atomic mass is 16.5. The Morgan fingerprint density at radius 1 is 1.41 bits per heavy atom. The lowest BCUT2D eigenvalue weighted by Gasteiger charge is -2.35. The first-order chi connectivity index (χ1) is 8.03. The zero-order chi connectivity index (χ0) is 12.7. The summed E-state index contributed by atoms with van der Waals surface area (Å²) in [6.07, 6.45) is 5.45. The van der Waals surface area contributed by atoms with Crippen LogP contribution in [0, 0.1) is 0 Å². The Kier molecular flexibility index (Phi) is 5.92. The standard InChI is InChI=1S/C13H26N2O2/c1-13(2)10-11(7-9-17-13)15-12(16)6-4-3-5-8-14/h11H,3-10,14H2,1-2H3,(H,15,16). The number of nitrogens with two attached hydrogens (primary N) is 1. The molecule has 1 aliphatic rings. The molecule has 0 spiro atoms. The van der Waals surface area contributed by atoms with Crippen LogP contribution in [0.25, 0.3) is 0 Å². The number of rotatable bonds is 6. The summed E-state index contributed by atoms with van der Waals surface area (Å²) in [4.78, 5) is 11.7. The molecule has 0 bridgehead atoms. The summed E-state index contributed by atoms with van der Waals surface area (Å²) in [5, 5.41) is 3.10. The van der Waals surface area contributed by atoms with E-state index in [2.05, 4.69) is 19.2 Å².